The molecule has 0 aliphatic carbocycles. The Morgan fingerprint density at radius 1 is 1.16 bits per heavy atom. The Bertz CT molecular complexity index is 563. The Hall–Kier alpha value is -2.38. The van der Waals surface area contributed by atoms with E-state index in [0.717, 1.165) is 11.3 Å². The van der Waals surface area contributed by atoms with Crippen molar-refractivity contribution in [2.24, 2.45) is 0 Å². The van der Waals surface area contributed by atoms with Crippen molar-refractivity contribution in [1.82, 2.24) is 4.98 Å². The summed E-state index contributed by atoms with van der Waals surface area (Å²) in [5.41, 5.74) is 2.26. The van der Waals surface area contributed by atoms with Gasteiger partial charge in [0.25, 0.3) is 0 Å². The number of aliphatic hydroxyl groups excluding tert-OH is 1. The monoisotopic (exact) mass is 253 g/mol. The molecule has 4 nitrogen and oxygen atoms in total. The van der Waals surface area contributed by atoms with Gasteiger partial charge in [0.05, 0.1) is 12.3 Å². The Labute approximate surface area is 112 Å². The van der Waals surface area contributed by atoms with Gasteiger partial charge in [-0.2, -0.15) is 5.26 Å². The maximum atomic E-state index is 9.19. The zero-order valence-corrected chi connectivity index (χ0v) is 10.5. The maximum Gasteiger partial charge on any atom is 0.163 e. The number of anilines is 1. The number of nitrogens with zero attached hydrogens (tertiary/aromatic N) is 3. The van der Waals surface area contributed by atoms with Crippen molar-refractivity contribution in [2.45, 2.75) is 6.54 Å². The molecule has 4 heteroatoms. The van der Waals surface area contributed by atoms with Crippen LogP contribution in [0.25, 0.3) is 0 Å². The molecule has 0 radical (unpaired) electrons. The molecule has 1 aromatic carbocycles. The van der Waals surface area contributed by atoms with E-state index in [1.54, 1.807) is 12.3 Å². The number of hydrogen-bond acceptors (Lipinski definition) is 4. The molecule has 2 rings (SSSR count). The highest BCUT2D eigenvalue weighted by molar-refractivity contribution is 5.55. The van der Waals surface area contributed by atoms with E-state index in [1.165, 1.54) is 0 Å². The van der Waals surface area contributed by atoms with Crippen LogP contribution in [0.2, 0.25) is 0 Å². The molecular formula is C15H15N3O. The summed E-state index contributed by atoms with van der Waals surface area (Å²) in [6.45, 7) is 1.14. The van der Waals surface area contributed by atoms with Crippen molar-refractivity contribution in [3.8, 4) is 6.07 Å². The van der Waals surface area contributed by atoms with Crippen LogP contribution in [0, 0.1) is 11.3 Å². The molecule has 0 aliphatic heterocycles. The fraction of sp³-hybridized carbons (Fsp3) is 0.200. The van der Waals surface area contributed by atoms with Crippen LogP contribution in [-0.2, 0) is 6.54 Å². The summed E-state index contributed by atoms with van der Waals surface area (Å²) in [7, 11) is 0. The molecule has 2 aromatic rings. The summed E-state index contributed by atoms with van der Waals surface area (Å²) >= 11 is 0. The van der Waals surface area contributed by atoms with Crippen molar-refractivity contribution in [2.75, 3.05) is 18.1 Å². The van der Waals surface area contributed by atoms with E-state index in [4.69, 9.17) is 5.26 Å². The van der Waals surface area contributed by atoms with Crippen LogP contribution in [0.15, 0.2) is 48.7 Å². The van der Waals surface area contributed by atoms with Crippen LogP contribution >= 0.6 is 0 Å². The maximum absolute atomic E-state index is 9.19. The summed E-state index contributed by atoms with van der Waals surface area (Å²) in [4.78, 5) is 6.02. The van der Waals surface area contributed by atoms with Crippen LogP contribution in [-0.4, -0.2) is 23.2 Å². The molecular weight excluding hydrogens is 238 g/mol. The molecule has 1 N–H and O–H groups in total. The van der Waals surface area contributed by atoms with Gasteiger partial charge in [-0.05, 0) is 17.7 Å². The fourth-order valence-corrected chi connectivity index (χ4v) is 1.95. The molecule has 0 amide bonds. The molecule has 1 aromatic heterocycles. The van der Waals surface area contributed by atoms with E-state index in [9.17, 15) is 5.11 Å². The van der Waals surface area contributed by atoms with Crippen LogP contribution in [0.3, 0.4) is 0 Å². The summed E-state index contributed by atoms with van der Waals surface area (Å²) in [6, 6.07) is 15.7. The van der Waals surface area contributed by atoms with E-state index in [0.29, 0.717) is 18.8 Å². The van der Waals surface area contributed by atoms with Gasteiger partial charge in [0.15, 0.2) is 5.69 Å². The second kappa shape index (κ2) is 6.53. The van der Waals surface area contributed by atoms with Crippen molar-refractivity contribution >= 4 is 5.69 Å². The molecule has 0 unspecified atom stereocenters. The molecule has 1 heterocycles. The first-order valence-electron chi connectivity index (χ1n) is 6.10. The average molecular weight is 253 g/mol. The Balaban J connectivity index is 2.27. The van der Waals surface area contributed by atoms with Crippen LogP contribution in [0.1, 0.15) is 11.3 Å². The van der Waals surface area contributed by atoms with Gasteiger partial charge in [0, 0.05) is 19.3 Å². The molecule has 19 heavy (non-hydrogen) atoms. The van der Waals surface area contributed by atoms with E-state index in [1.807, 2.05) is 41.3 Å². The number of aromatic nitrogens is 1. The third kappa shape index (κ3) is 3.30. The highest BCUT2D eigenvalue weighted by Crippen LogP contribution is 2.19. The van der Waals surface area contributed by atoms with Crippen molar-refractivity contribution in [3.05, 3.63) is 59.9 Å². The molecule has 0 aliphatic rings. The number of rotatable bonds is 5. The van der Waals surface area contributed by atoms with E-state index < -0.39 is 0 Å². The van der Waals surface area contributed by atoms with Gasteiger partial charge in [0.1, 0.15) is 6.07 Å². The zero-order chi connectivity index (χ0) is 13.5. The Morgan fingerprint density at radius 3 is 2.63 bits per heavy atom. The lowest BCUT2D eigenvalue weighted by Gasteiger charge is -2.24. The van der Waals surface area contributed by atoms with Crippen LogP contribution in [0.4, 0.5) is 5.69 Å². The molecule has 0 atom stereocenters. The van der Waals surface area contributed by atoms with Crippen molar-refractivity contribution < 1.29 is 5.11 Å². The minimum atomic E-state index is 0.0343. The van der Waals surface area contributed by atoms with Crippen molar-refractivity contribution in [1.29, 1.82) is 5.26 Å². The van der Waals surface area contributed by atoms with E-state index >= 15 is 0 Å². The van der Waals surface area contributed by atoms with Gasteiger partial charge < -0.3 is 10.0 Å². The first kappa shape index (κ1) is 13.1. The Morgan fingerprint density at radius 2 is 1.95 bits per heavy atom. The normalized spacial score (nSPS) is 9.89. The second-order valence-electron chi connectivity index (χ2n) is 4.11. The minimum Gasteiger partial charge on any atom is -0.395 e. The number of pyridine rings is 1. The summed E-state index contributed by atoms with van der Waals surface area (Å²) in [6.07, 6.45) is 1.60. The fourth-order valence-electron chi connectivity index (χ4n) is 1.95. The number of nitriles is 1. The quantitative estimate of drug-likeness (QED) is 0.884. The highest BCUT2D eigenvalue weighted by Gasteiger charge is 2.11. The minimum absolute atomic E-state index is 0.0343. The van der Waals surface area contributed by atoms with Crippen LogP contribution < -0.4 is 4.90 Å². The smallest absolute Gasteiger partial charge is 0.163 e. The standard InChI is InChI=1S/C15H15N3O/c16-11-14-15(7-4-8-17-14)18(9-10-19)12-13-5-2-1-3-6-13/h1-8,19H,9-10,12H2. The van der Waals surface area contributed by atoms with E-state index in [2.05, 4.69) is 11.1 Å². The summed E-state index contributed by atoms with van der Waals surface area (Å²) in [5, 5.41) is 18.3. The largest absolute Gasteiger partial charge is 0.395 e. The molecule has 0 spiro atoms. The zero-order valence-electron chi connectivity index (χ0n) is 10.5. The third-order valence-electron chi connectivity index (χ3n) is 2.82. The SMILES string of the molecule is N#Cc1ncccc1N(CCO)Cc1ccccc1. The first-order chi connectivity index (χ1) is 9.35. The first-order valence-corrected chi connectivity index (χ1v) is 6.10. The van der Waals surface area contributed by atoms with Gasteiger partial charge in [-0.1, -0.05) is 30.3 Å². The number of benzene rings is 1. The second-order valence-corrected chi connectivity index (χ2v) is 4.11. The number of aliphatic hydroxyl groups is 1. The lowest BCUT2D eigenvalue weighted by molar-refractivity contribution is 0.301. The average Bonchev–Trinajstić information content (AvgIpc) is 2.48. The van der Waals surface area contributed by atoms with Gasteiger partial charge in [-0.3, -0.25) is 0 Å². The van der Waals surface area contributed by atoms with Crippen molar-refractivity contribution in [3.63, 3.8) is 0 Å². The van der Waals surface area contributed by atoms with E-state index in [-0.39, 0.29) is 6.61 Å². The third-order valence-corrected chi connectivity index (χ3v) is 2.82. The predicted molar refractivity (Wildman–Crippen MR) is 73.5 cm³/mol. The lowest BCUT2D eigenvalue weighted by Crippen LogP contribution is -2.27. The topological polar surface area (TPSA) is 60.2 Å². The van der Waals surface area contributed by atoms with Gasteiger partial charge in [-0.25, -0.2) is 4.98 Å². The molecule has 0 saturated heterocycles. The summed E-state index contributed by atoms with van der Waals surface area (Å²) < 4.78 is 0. The highest BCUT2D eigenvalue weighted by atomic mass is 16.3. The predicted octanol–water partition coefficient (Wildman–Crippen LogP) is 1.95. The molecule has 0 bridgehead atoms. The molecule has 96 valence electrons. The van der Waals surface area contributed by atoms with Gasteiger partial charge in [-0.15, -0.1) is 0 Å². The van der Waals surface area contributed by atoms with Gasteiger partial charge >= 0.3 is 0 Å². The lowest BCUT2D eigenvalue weighted by atomic mass is 10.2. The number of hydrogen-bond donors (Lipinski definition) is 1. The molecule has 0 saturated carbocycles. The Kier molecular flexibility index (Phi) is 4.49. The summed E-state index contributed by atoms with van der Waals surface area (Å²) in [5.74, 6) is 0. The van der Waals surface area contributed by atoms with Crippen LogP contribution in [0.5, 0.6) is 0 Å². The van der Waals surface area contributed by atoms with Gasteiger partial charge in [0.2, 0.25) is 0 Å². The molecule has 0 fully saturated rings.